The quantitative estimate of drug-likeness (QED) is 0.593. The molecular formula is C10H9FO3. The van der Waals surface area contributed by atoms with Gasteiger partial charge in [-0.05, 0) is 12.1 Å². The molecule has 0 spiro atoms. The van der Waals surface area contributed by atoms with Gasteiger partial charge in [0.1, 0.15) is 11.6 Å². The first-order chi connectivity index (χ1) is 6.61. The molecule has 0 aliphatic carbocycles. The van der Waals surface area contributed by atoms with E-state index in [1.807, 2.05) is 0 Å². The number of rotatable bonds is 3. The highest BCUT2D eigenvalue weighted by molar-refractivity contribution is 6.00. The molecule has 0 bridgehead atoms. The molecule has 0 aliphatic heterocycles. The molecule has 0 unspecified atom stereocenters. The summed E-state index contributed by atoms with van der Waals surface area (Å²) in [6.07, 6.45) is 0.384. The summed E-state index contributed by atoms with van der Waals surface area (Å²) in [5, 5.41) is 9.38. The van der Waals surface area contributed by atoms with E-state index in [1.54, 1.807) is 6.92 Å². The fourth-order valence-electron chi connectivity index (χ4n) is 1.11. The van der Waals surface area contributed by atoms with E-state index in [9.17, 15) is 19.1 Å². The normalized spacial score (nSPS) is 9.86. The number of halogens is 1. The summed E-state index contributed by atoms with van der Waals surface area (Å²) >= 11 is 0. The third kappa shape index (κ3) is 1.64. The van der Waals surface area contributed by atoms with Gasteiger partial charge in [-0.25, -0.2) is 4.39 Å². The number of ketones is 1. The monoisotopic (exact) mass is 196 g/mol. The summed E-state index contributed by atoms with van der Waals surface area (Å²) < 4.78 is 12.9. The van der Waals surface area contributed by atoms with Crippen LogP contribution in [0.2, 0.25) is 0 Å². The first kappa shape index (κ1) is 10.4. The van der Waals surface area contributed by atoms with Crippen molar-refractivity contribution in [1.82, 2.24) is 0 Å². The first-order valence-electron chi connectivity index (χ1n) is 4.11. The first-order valence-corrected chi connectivity index (χ1v) is 4.11. The fraction of sp³-hybridized carbons (Fsp3) is 0.200. The SMILES string of the molecule is CCC(=O)c1ccc(F)c(C=O)c1O. The van der Waals surface area contributed by atoms with E-state index in [1.165, 1.54) is 6.07 Å². The average Bonchev–Trinajstić information content (AvgIpc) is 2.18. The molecule has 0 aromatic heterocycles. The number of hydrogen-bond donors (Lipinski definition) is 1. The van der Waals surface area contributed by atoms with E-state index in [0.717, 1.165) is 6.07 Å². The van der Waals surface area contributed by atoms with Crippen LogP contribution in [0.5, 0.6) is 5.75 Å². The van der Waals surface area contributed by atoms with Gasteiger partial charge in [-0.1, -0.05) is 6.92 Å². The van der Waals surface area contributed by atoms with E-state index < -0.39 is 17.1 Å². The molecule has 0 radical (unpaired) electrons. The summed E-state index contributed by atoms with van der Waals surface area (Å²) in [5.74, 6) is -1.73. The highest BCUT2D eigenvalue weighted by atomic mass is 19.1. The van der Waals surface area contributed by atoms with Gasteiger partial charge in [0.2, 0.25) is 0 Å². The fourth-order valence-corrected chi connectivity index (χ4v) is 1.11. The highest BCUT2D eigenvalue weighted by Gasteiger charge is 2.15. The second-order valence-corrected chi connectivity index (χ2v) is 2.75. The van der Waals surface area contributed by atoms with Crippen molar-refractivity contribution in [3.05, 3.63) is 29.1 Å². The molecule has 3 nitrogen and oxygen atoms in total. The lowest BCUT2D eigenvalue weighted by atomic mass is 10.0. The van der Waals surface area contributed by atoms with Crippen molar-refractivity contribution < 1.29 is 19.1 Å². The Morgan fingerprint density at radius 2 is 2.21 bits per heavy atom. The minimum atomic E-state index is -0.829. The number of phenolic OH excluding ortho intramolecular Hbond substituents is 1. The van der Waals surface area contributed by atoms with Crippen LogP contribution in [0.3, 0.4) is 0 Å². The lowest BCUT2D eigenvalue weighted by Gasteiger charge is -2.04. The van der Waals surface area contributed by atoms with Gasteiger partial charge in [-0.2, -0.15) is 0 Å². The number of benzene rings is 1. The molecule has 4 heteroatoms. The molecule has 1 aromatic carbocycles. The van der Waals surface area contributed by atoms with Crippen LogP contribution in [0, 0.1) is 5.82 Å². The lowest BCUT2D eigenvalue weighted by molar-refractivity contribution is 0.0985. The van der Waals surface area contributed by atoms with Gasteiger partial charge in [-0.3, -0.25) is 9.59 Å². The molecule has 1 aromatic rings. The summed E-state index contributed by atoms with van der Waals surface area (Å²) in [4.78, 5) is 21.6. The number of carbonyl (C=O) groups excluding carboxylic acids is 2. The minimum absolute atomic E-state index is 0.0176. The molecule has 0 heterocycles. The number of carbonyl (C=O) groups is 2. The molecule has 0 fully saturated rings. The van der Waals surface area contributed by atoms with Gasteiger partial charge in [0.25, 0.3) is 0 Å². The zero-order valence-electron chi connectivity index (χ0n) is 7.58. The van der Waals surface area contributed by atoms with Crippen molar-refractivity contribution in [3.8, 4) is 5.75 Å². The van der Waals surface area contributed by atoms with Crippen molar-refractivity contribution in [2.24, 2.45) is 0 Å². The predicted octanol–water partition coefficient (Wildman–Crippen LogP) is 1.94. The van der Waals surface area contributed by atoms with Crippen LogP contribution < -0.4 is 0 Å². The molecule has 0 aliphatic rings. The van der Waals surface area contributed by atoms with Crippen LogP contribution in [-0.4, -0.2) is 17.2 Å². The summed E-state index contributed by atoms with van der Waals surface area (Å²) in [6, 6.07) is 2.16. The van der Waals surface area contributed by atoms with Gasteiger partial charge in [0, 0.05) is 6.42 Å². The highest BCUT2D eigenvalue weighted by Crippen LogP contribution is 2.24. The smallest absolute Gasteiger partial charge is 0.166 e. The van der Waals surface area contributed by atoms with Crippen LogP contribution in [0.1, 0.15) is 34.1 Å². The molecule has 14 heavy (non-hydrogen) atoms. The van der Waals surface area contributed by atoms with Gasteiger partial charge in [0.05, 0.1) is 11.1 Å². The molecule has 0 amide bonds. The third-order valence-electron chi connectivity index (χ3n) is 1.90. The molecular weight excluding hydrogens is 187 g/mol. The van der Waals surface area contributed by atoms with E-state index in [4.69, 9.17) is 0 Å². The average molecular weight is 196 g/mol. The van der Waals surface area contributed by atoms with E-state index in [-0.39, 0.29) is 24.1 Å². The number of phenols is 1. The largest absolute Gasteiger partial charge is 0.506 e. The van der Waals surface area contributed by atoms with Crippen LogP contribution in [0.4, 0.5) is 4.39 Å². The van der Waals surface area contributed by atoms with Gasteiger partial charge >= 0.3 is 0 Å². The summed E-state index contributed by atoms with van der Waals surface area (Å²) in [6.45, 7) is 1.62. The number of Topliss-reactive ketones (excluding diaryl/α,β-unsaturated/α-hetero) is 1. The van der Waals surface area contributed by atoms with Crippen molar-refractivity contribution >= 4 is 12.1 Å². The standard InChI is InChI=1S/C10H9FO3/c1-2-9(13)6-3-4-8(11)7(5-12)10(6)14/h3-5,14H,2H2,1H3. The number of aromatic hydroxyl groups is 1. The van der Waals surface area contributed by atoms with Crippen molar-refractivity contribution in [1.29, 1.82) is 0 Å². The Bertz CT molecular complexity index is 385. The second kappa shape index (κ2) is 4.00. The zero-order valence-corrected chi connectivity index (χ0v) is 7.58. The zero-order chi connectivity index (χ0) is 10.7. The Balaban J connectivity index is 3.35. The topological polar surface area (TPSA) is 54.4 Å². The van der Waals surface area contributed by atoms with Crippen LogP contribution in [0.25, 0.3) is 0 Å². The number of aldehydes is 1. The Morgan fingerprint density at radius 1 is 1.57 bits per heavy atom. The molecule has 0 atom stereocenters. The van der Waals surface area contributed by atoms with Crippen molar-refractivity contribution in [3.63, 3.8) is 0 Å². The minimum Gasteiger partial charge on any atom is -0.506 e. The molecule has 1 rings (SSSR count). The van der Waals surface area contributed by atoms with Gasteiger partial charge in [0.15, 0.2) is 12.1 Å². The van der Waals surface area contributed by atoms with Crippen LogP contribution in [-0.2, 0) is 0 Å². The Hall–Kier alpha value is -1.71. The van der Waals surface area contributed by atoms with Gasteiger partial charge in [-0.15, -0.1) is 0 Å². The third-order valence-corrected chi connectivity index (χ3v) is 1.90. The maximum atomic E-state index is 12.9. The summed E-state index contributed by atoms with van der Waals surface area (Å²) in [7, 11) is 0. The Kier molecular flexibility index (Phi) is 2.96. The van der Waals surface area contributed by atoms with Gasteiger partial charge < -0.3 is 5.11 Å². The molecule has 0 saturated carbocycles. The maximum Gasteiger partial charge on any atom is 0.166 e. The second-order valence-electron chi connectivity index (χ2n) is 2.75. The van der Waals surface area contributed by atoms with E-state index in [2.05, 4.69) is 0 Å². The molecule has 0 saturated heterocycles. The Morgan fingerprint density at radius 3 is 2.71 bits per heavy atom. The van der Waals surface area contributed by atoms with Crippen molar-refractivity contribution in [2.75, 3.05) is 0 Å². The molecule has 74 valence electrons. The molecule has 1 N–H and O–H groups in total. The number of hydrogen-bond acceptors (Lipinski definition) is 3. The van der Waals surface area contributed by atoms with E-state index >= 15 is 0 Å². The maximum absolute atomic E-state index is 12.9. The van der Waals surface area contributed by atoms with Crippen molar-refractivity contribution in [2.45, 2.75) is 13.3 Å². The predicted molar refractivity (Wildman–Crippen MR) is 48.1 cm³/mol. The Labute approximate surface area is 80.2 Å². The van der Waals surface area contributed by atoms with E-state index in [0.29, 0.717) is 0 Å². The lowest BCUT2D eigenvalue weighted by Crippen LogP contribution is -2.00. The van der Waals surface area contributed by atoms with Crippen LogP contribution >= 0.6 is 0 Å². The summed E-state index contributed by atoms with van der Waals surface area (Å²) in [5.41, 5.74) is -0.486. The van der Waals surface area contributed by atoms with Crippen LogP contribution in [0.15, 0.2) is 12.1 Å².